The van der Waals surface area contributed by atoms with Crippen LogP contribution in [0.25, 0.3) is 0 Å². The van der Waals surface area contributed by atoms with Crippen molar-refractivity contribution in [3.8, 4) is 5.75 Å². The number of urea groups is 1. The van der Waals surface area contributed by atoms with Crippen LogP contribution in [0.3, 0.4) is 0 Å². The van der Waals surface area contributed by atoms with Crippen molar-refractivity contribution >= 4 is 23.3 Å². The van der Waals surface area contributed by atoms with E-state index in [1.807, 2.05) is 30.3 Å². The summed E-state index contributed by atoms with van der Waals surface area (Å²) < 4.78 is 5.74. The average Bonchev–Trinajstić information content (AvgIpc) is 2.73. The van der Waals surface area contributed by atoms with Gasteiger partial charge >= 0.3 is 6.03 Å². The average molecular weight is 389 g/mol. The molecule has 0 saturated carbocycles. The quantitative estimate of drug-likeness (QED) is 0.647. The predicted molar refractivity (Wildman–Crippen MR) is 114 cm³/mol. The van der Waals surface area contributed by atoms with E-state index in [2.05, 4.69) is 10.6 Å². The number of carbonyl (C=O) groups is 2. The molecule has 29 heavy (non-hydrogen) atoms. The van der Waals surface area contributed by atoms with Crippen molar-refractivity contribution in [3.63, 3.8) is 0 Å². The third kappa shape index (κ3) is 5.84. The summed E-state index contributed by atoms with van der Waals surface area (Å²) in [5, 5.41) is 5.50. The van der Waals surface area contributed by atoms with Gasteiger partial charge in [-0.3, -0.25) is 4.79 Å². The van der Waals surface area contributed by atoms with Gasteiger partial charge in [0.15, 0.2) is 0 Å². The maximum atomic E-state index is 12.2. The van der Waals surface area contributed by atoms with Gasteiger partial charge in [0.1, 0.15) is 12.4 Å². The molecular weight excluding hydrogens is 366 g/mol. The zero-order valence-corrected chi connectivity index (χ0v) is 16.4. The summed E-state index contributed by atoms with van der Waals surface area (Å²) in [7, 11) is 3.37. The Morgan fingerprint density at radius 1 is 0.828 bits per heavy atom. The summed E-state index contributed by atoms with van der Waals surface area (Å²) in [5.74, 6) is 0.592. The maximum absolute atomic E-state index is 12.2. The van der Waals surface area contributed by atoms with E-state index in [0.717, 1.165) is 11.3 Å². The standard InChI is InChI=1S/C23H23N3O3/c1-26(2)22(27)18-9-6-10-20(15-18)25-23(28)24-19-11-13-21(14-12-19)29-16-17-7-4-3-5-8-17/h3-15H,16H2,1-2H3,(H2,24,25,28). The number of carbonyl (C=O) groups excluding carboxylic acids is 2. The Kier molecular flexibility index (Phi) is 6.47. The van der Waals surface area contributed by atoms with Crippen LogP contribution in [0.2, 0.25) is 0 Å². The van der Waals surface area contributed by atoms with Crippen LogP contribution >= 0.6 is 0 Å². The molecule has 0 aliphatic carbocycles. The number of hydrogen-bond donors (Lipinski definition) is 2. The second-order valence-corrected chi connectivity index (χ2v) is 6.66. The Morgan fingerprint density at radius 2 is 1.52 bits per heavy atom. The maximum Gasteiger partial charge on any atom is 0.323 e. The Hall–Kier alpha value is -3.80. The highest BCUT2D eigenvalue weighted by Gasteiger charge is 2.09. The molecule has 0 saturated heterocycles. The zero-order valence-electron chi connectivity index (χ0n) is 16.4. The van der Waals surface area contributed by atoms with Crippen molar-refractivity contribution in [1.29, 1.82) is 0 Å². The Balaban J connectivity index is 1.54. The Bertz CT molecular complexity index is 970. The lowest BCUT2D eigenvalue weighted by Crippen LogP contribution is -2.22. The molecule has 3 rings (SSSR count). The third-order valence-electron chi connectivity index (χ3n) is 4.13. The van der Waals surface area contributed by atoms with E-state index in [4.69, 9.17) is 4.74 Å². The van der Waals surface area contributed by atoms with Gasteiger partial charge in [-0.1, -0.05) is 36.4 Å². The number of rotatable bonds is 6. The monoisotopic (exact) mass is 389 g/mol. The van der Waals surface area contributed by atoms with Gasteiger partial charge in [-0.15, -0.1) is 0 Å². The van der Waals surface area contributed by atoms with E-state index in [9.17, 15) is 9.59 Å². The summed E-state index contributed by atoms with van der Waals surface area (Å²) in [6.07, 6.45) is 0. The molecule has 3 aromatic rings. The molecule has 3 aromatic carbocycles. The van der Waals surface area contributed by atoms with Crippen molar-refractivity contribution in [3.05, 3.63) is 90.0 Å². The summed E-state index contributed by atoms with van der Waals surface area (Å²) in [4.78, 5) is 25.8. The zero-order chi connectivity index (χ0) is 20.6. The topological polar surface area (TPSA) is 70.7 Å². The molecule has 0 spiro atoms. The smallest absolute Gasteiger partial charge is 0.323 e. The number of nitrogens with one attached hydrogen (secondary N) is 2. The van der Waals surface area contributed by atoms with Gasteiger partial charge in [-0.05, 0) is 48.0 Å². The minimum Gasteiger partial charge on any atom is -0.489 e. The van der Waals surface area contributed by atoms with Crippen molar-refractivity contribution < 1.29 is 14.3 Å². The molecule has 0 heterocycles. The van der Waals surface area contributed by atoms with Crippen LogP contribution in [0.4, 0.5) is 16.2 Å². The molecule has 0 unspecified atom stereocenters. The molecule has 0 aliphatic heterocycles. The second-order valence-electron chi connectivity index (χ2n) is 6.66. The summed E-state index contributed by atoms with van der Waals surface area (Å²) >= 11 is 0. The minimum absolute atomic E-state index is 0.125. The minimum atomic E-state index is -0.391. The predicted octanol–water partition coefficient (Wildman–Crippen LogP) is 4.61. The van der Waals surface area contributed by atoms with E-state index < -0.39 is 6.03 Å². The molecule has 0 bridgehead atoms. The molecule has 0 aromatic heterocycles. The van der Waals surface area contributed by atoms with Crippen LogP contribution in [0.15, 0.2) is 78.9 Å². The molecule has 6 nitrogen and oxygen atoms in total. The molecule has 0 aliphatic rings. The Morgan fingerprint density at radius 3 is 2.21 bits per heavy atom. The van der Waals surface area contributed by atoms with Gasteiger partial charge in [0.25, 0.3) is 5.91 Å². The van der Waals surface area contributed by atoms with Crippen LogP contribution in [0.1, 0.15) is 15.9 Å². The first kappa shape index (κ1) is 19.9. The fourth-order valence-corrected chi connectivity index (χ4v) is 2.66. The van der Waals surface area contributed by atoms with Gasteiger partial charge in [-0.2, -0.15) is 0 Å². The number of hydrogen-bond acceptors (Lipinski definition) is 3. The van der Waals surface area contributed by atoms with Gasteiger partial charge in [-0.25, -0.2) is 4.79 Å². The highest BCUT2D eigenvalue weighted by molar-refractivity contribution is 6.01. The molecule has 148 valence electrons. The van der Waals surface area contributed by atoms with E-state index in [1.165, 1.54) is 4.90 Å². The van der Waals surface area contributed by atoms with Crippen LogP contribution in [0, 0.1) is 0 Å². The van der Waals surface area contributed by atoms with Gasteiger partial charge in [0.2, 0.25) is 0 Å². The van der Waals surface area contributed by atoms with Gasteiger partial charge in [0, 0.05) is 31.0 Å². The molecule has 3 amide bonds. The third-order valence-corrected chi connectivity index (χ3v) is 4.13. The summed E-state index contributed by atoms with van der Waals surface area (Å²) in [6, 6.07) is 23.5. The fraction of sp³-hybridized carbons (Fsp3) is 0.130. The van der Waals surface area contributed by atoms with E-state index in [-0.39, 0.29) is 5.91 Å². The molecule has 0 fully saturated rings. The molecule has 0 radical (unpaired) electrons. The second kappa shape index (κ2) is 9.41. The van der Waals surface area contributed by atoms with Crippen LogP contribution < -0.4 is 15.4 Å². The molecule has 0 atom stereocenters. The van der Waals surface area contributed by atoms with Crippen molar-refractivity contribution in [2.24, 2.45) is 0 Å². The molecule has 2 N–H and O–H groups in total. The van der Waals surface area contributed by atoms with E-state index in [1.54, 1.807) is 62.6 Å². The van der Waals surface area contributed by atoms with Gasteiger partial charge < -0.3 is 20.3 Å². The Labute approximate surface area is 170 Å². The molecular formula is C23H23N3O3. The molecule has 6 heteroatoms. The van der Waals surface area contributed by atoms with Crippen LogP contribution in [0.5, 0.6) is 5.75 Å². The first-order chi connectivity index (χ1) is 14.0. The highest BCUT2D eigenvalue weighted by atomic mass is 16.5. The lowest BCUT2D eigenvalue weighted by atomic mass is 10.2. The SMILES string of the molecule is CN(C)C(=O)c1cccc(NC(=O)Nc2ccc(OCc3ccccc3)cc2)c1. The van der Waals surface area contributed by atoms with Crippen molar-refractivity contribution in [1.82, 2.24) is 4.90 Å². The van der Waals surface area contributed by atoms with E-state index >= 15 is 0 Å². The first-order valence-electron chi connectivity index (χ1n) is 9.18. The van der Waals surface area contributed by atoms with Crippen LogP contribution in [-0.4, -0.2) is 30.9 Å². The van der Waals surface area contributed by atoms with E-state index in [0.29, 0.717) is 23.5 Å². The number of anilines is 2. The summed E-state index contributed by atoms with van der Waals surface area (Å²) in [5.41, 5.74) is 2.77. The highest BCUT2D eigenvalue weighted by Crippen LogP contribution is 2.18. The number of ether oxygens (including phenoxy) is 1. The van der Waals surface area contributed by atoms with Crippen LogP contribution in [-0.2, 0) is 6.61 Å². The fourth-order valence-electron chi connectivity index (χ4n) is 2.66. The van der Waals surface area contributed by atoms with Gasteiger partial charge in [0.05, 0.1) is 0 Å². The number of amides is 3. The first-order valence-corrected chi connectivity index (χ1v) is 9.18. The largest absolute Gasteiger partial charge is 0.489 e. The summed E-state index contributed by atoms with van der Waals surface area (Å²) in [6.45, 7) is 0.482. The normalized spacial score (nSPS) is 10.1. The number of benzene rings is 3. The lowest BCUT2D eigenvalue weighted by molar-refractivity contribution is 0.0827. The number of nitrogens with zero attached hydrogens (tertiary/aromatic N) is 1. The van der Waals surface area contributed by atoms with Crippen molar-refractivity contribution in [2.45, 2.75) is 6.61 Å². The van der Waals surface area contributed by atoms with Crippen molar-refractivity contribution in [2.75, 3.05) is 24.7 Å². The lowest BCUT2D eigenvalue weighted by Gasteiger charge is -2.12.